The monoisotopic (exact) mass is 298 g/mol. The van der Waals surface area contributed by atoms with Gasteiger partial charge in [0.1, 0.15) is 0 Å². The summed E-state index contributed by atoms with van der Waals surface area (Å²) in [5.41, 5.74) is 1.34. The quantitative estimate of drug-likeness (QED) is 0.172. The number of unbranched alkanes of at least 4 members (excludes halogenated alkanes) is 13. The van der Waals surface area contributed by atoms with Crippen molar-refractivity contribution in [3.8, 4) is 0 Å². The Kier molecular flexibility index (Phi) is 17.2. The van der Waals surface area contributed by atoms with Gasteiger partial charge in [0.15, 0.2) is 0 Å². The summed E-state index contributed by atoms with van der Waals surface area (Å²) in [6.45, 7) is 6.09. The molecule has 0 aliphatic carbocycles. The minimum absolute atomic E-state index is 1.06. The first-order valence-corrected chi connectivity index (χ1v) is 9.66. The zero-order valence-corrected chi connectivity index (χ0v) is 14.9. The van der Waals surface area contributed by atoms with E-state index in [1.54, 1.807) is 0 Å². The topological polar surface area (TPSA) is 0 Å². The van der Waals surface area contributed by atoms with Gasteiger partial charge in [0.2, 0.25) is 0 Å². The lowest BCUT2D eigenvalue weighted by molar-refractivity contribution is 0.536. The molecule has 0 aromatic carbocycles. The van der Waals surface area contributed by atoms with E-state index in [0.29, 0.717) is 0 Å². The molecule has 0 aromatic heterocycles. The van der Waals surface area contributed by atoms with E-state index in [-0.39, 0.29) is 0 Å². The average Bonchev–Trinajstić information content (AvgIpc) is 2.43. The number of hydrogen-bond acceptors (Lipinski definition) is 1. The Morgan fingerprint density at radius 1 is 0.600 bits per heavy atom. The van der Waals surface area contributed by atoms with Gasteiger partial charge in [-0.25, -0.2) is 0 Å². The molecule has 0 spiro atoms. The van der Waals surface area contributed by atoms with Crippen molar-refractivity contribution >= 4 is 12.6 Å². The molecule has 0 aliphatic heterocycles. The van der Waals surface area contributed by atoms with Crippen molar-refractivity contribution in [3.63, 3.8) is 0 Å². The molecule has 1 heteroatoms. The molecule has 0 atom stereocenters. The lowest BCUT2D eigenvalue weighted by Gasteiger charge is -2.03. The van der Waals surface area contributed by atoms with Gasteiger partial charge in [-0.2, -0.15) is 12.6 Å². The van der Waals surface area contributed by atoms with Crippen LogP contribution in [0.25, 0.3) is 0 Å². The van der Waals surface area contributed by atoms with Crippen LogP contribution in [0.3, 0.4) is 0 Å². The van der Waals surface area contributed by atoms with Crippen LogP contribution in [-0.4, -0.2) is 5.75 Å². The van der Waals surface area contributed by atoms with Crippen molar-refractivity contribution in [1.82, 2.24) is 0 Å². The molecule has 0 amide bonds. The van der Waals surface area contributed by atoms with Gasteiger partial charge in [0, 0.05) is 0 Å². The summed E-state index contributed by atoms with van der Waals surface area (Å²) in [6, 6.07) is 0. The molecule has 20 heavy (non-hydrogen) atoms. The van der Waals surface area contributed by atoms with Crippen molar-refractivity contribution in [2.75, 3.05) is 5.75 Å². The normalized spacial score (nSPS) is 10.9. The number of allylic oxidation sites excluding steroid dienone is 1. The van der Waals surface area contributed by atoms with Crippen LogP contribution in [0.4, 0.5) is 0 Å². The standard InChI is InChI=1S/C19H38S/c1-19(2)17-15-13-11-9-7-5-3-4-6-8-10-12-14-16-18-20/h20H,1,3-18H2,2H3. The fraction of sp³-hybridized carbons (Fsp3) is 0.895. The molecule has 0 aromatic rings. The third-order valence-corrected chi connectivity index (χ3v) is 4.33. The van der Waals surface area contributed by atoms with Gasteiger partial charge in [0.25, 0.3) is 0 Å². The number of rotatable bonds is 16. The summed E-state index contributed by atoms with van der Waals surface area (Å²) in [7, 11) is 0. The molecule has 0 nitrogen and oxygen atoms in total. The molecule has 0 bridgehead atoms. The third kappa shape index (κ3) is 18.1. The summed E-state index contributed by atoms with van der Waals surface area (Å²) in [5, 5.41) is 0. The second kappa shape index (κ2) is 17.1. The van der Waals surface area contributed by atoms with E-state index in [1.165, 1.54) is 102 Å². The predicted octanol–water partition coefficient (Wildman–Crippen LogP) is 7.34. The van der Waals surface area contributed by atoms with E-state index in [2.05, 4.69) is 26.1 Å². The Morgan fingerprint density at radius 3 is 1.20 bits per heavy atom. The fourth-order valence-electron chi connectivity index (χ4n) is 2.66. The Balaban J connectivity index is 2.94. The maximum Gasteiger partial charge on any atom is -0.00979 e. The van der Waals surface area contributed by atoms with Gasteiger partial charge in [-0.1, -0.05) is 82.6 Å². The lowest BCUT2D eigenvalue weighted by atomic mass is 10.0. The van der Waals surface area contributed by atoms with Crippen molar-refractivity contribution < 1.29 is 0 Å². The summed E-state index contributed by atoms with van der Waals surface area (Å²) in [5.74, 6) is 1.06. The van der Waals surface area contributed by atoms with Crippen LogP contribution in [-0.2, 0) is 0 Å². The van der Waals surface area contributed by atoms with Crippen molar-refractivity contribution in [1.29, 1.82) is 0 Å². The molecular weight excluding hydrogens is 260 g/mol. The molecule has 0 saturated heterocycles. The fourth-order valence-corrected chi connectivity index (χ4v) is 2.88. The second-order valence-electron chi connectivity index (χ2n) is 6.38. The van der Waals surface area contributed by atoms with Crippen LogP contribution in [0.2, 0.25) is 0 Å². The highest BCUT2D eigenvalue weighted by molar-refractivity contribution is 7.80. The molecular formula is C19H38S. The summed E-state index contributed by atoms with van der Waals surface area (Å²) in [4.78, 5) is 0. The first kappa shape index (κ1) is 20.1. The maximum absolute atomic E-state index is 4.24. The lowest BCUT2D eigenvalue weighted by Crippen LogP contribution is -1.84. The van der Waals surface area contributed by atoms with E-state index in [0.717, 1.165) is 5.75 Å². The number of thiol groups is 1. The number of hydrogen-bond donors (Lipinski definition) is 1. The molecule has 0 N–H and O–H groups in total. The van der Waals surface area contributed by atoms with E-state index >= 15 is 0 Å². The SMILES string of the molecule is C=C(C)CCCCCCCCCCCCCCCCS. The molecule has 0 saturated carbocycles. The van der Waals surface area contributed by atoms with Gasteiger partial charge in [0.05, 0.1) is 0 Å². The van der Waals surface area contributed by atoms with E-state index in [1.807, 2.05) is 0 Å². The predicted molar refractivity (Wildman–Crippen MR) is 97.9 cm³/mol. The van der Waals surface area contributed by atoms with E-state index in [9.17, 15) is 0 Å². The molecule has 0 aliphatic rings. The van der Waals surface area contributed by atoms with Crippen molar-refractivity contribution in [3.05, 3.63) is 12.2 Å². The minimum atomic E-state index is 1.06. The van der Waals surface area contributed by atoms with E-state index < -0.39 is 0 Å². The van der Waals surface area contributed by atoms with Crippen LogP contribution in [0, 0.1) is 0 Å². The van der Waals surface area contributed by atoms with Crippen LogP contribution in [0.5, 0.6) is 0 Å². The molecule has 0 unspecified atom stereocenters. The van der Waals surface area contributed by atoms with Crippen molar-refractivity contribution in [2.45, 2.75) is 103 Å². The Labute approximate surface area is 134 Å². The Morgan fingerprint density at radius 2 is 0.900 bits per heavy atom. The first-order chi connectivity index (χ1) is 9.77. The smallest absolute Gasteiger partial charge is 0.00979 e. The average molecular weight is 299 g/mol. The summed E-state index contributed by atoms with van der Waals surface area (Å²) >= 11 is 4.24. The largest absolute Gasteiger partial charge is 0.179 e. The summed E-state index contributed by atoms with van der Waals surface area (Å²) in [6.07, 6.45) is 21.1. The molecule has 120 valence electrons. The van der Waals surface area contributed by atoms with Crippen LogP contribution in [0.1, 0.15) is 103 Å². The van der Waals surface area contributed by atoms with Crippen LogP contribution in [0.15, 0.2) is 12.2 Å². The van der Waals surface area contributed by atoms with Crippen LogP contribution < -0.4 is 0 Å². The highest BCUT2D eigenvalue weighted by atomic mass is 32.1. The molecule has 0 radical (unpaired) electrons. The maximum atomic E-state index is 4.24. The Bertz CT molecular complexity index is 198. The van der Waals surface area contributed by atoms with Gasteiger partial charge in [-0.3, -0.25) is 0 Å². The van der Waals surface area contributed by atoms with Gasteiger partial charge >= 0.3 is 0 Å². The second-order valence-corrected chi connectivity index (χ2v) is 6.83. The summed E-state index contributed by atoms with van der Waals surface area (Å²) < 4.78 is 0. The zero-order chi connectivity index (χ0) is 14.9. The van der Waals surface area contributed by atoms with Crippen molar-refractivity contribution in [2.24, 2.45) is 0 Å². The molecule has 0 heterocycles. The Hall–Kier alpha value is 0.0900. The molecule has 0 rings (SSSR count). The van der Waals surface area contributed by atoms with E-state index in [4.69, 9.17) is 0 Å². The third-order valence-electron chi connectivity index (χ3n) is 4.01. The zero-order valence-electron chi connectivity index (χ0n) is 14.0. The van der Waals surface area contributed by atoms with Gasteiger partial charge < -0.3 is 0 Å². The highest BCUT2D eigenvalue weighted by Crippen LogP contribution is 2.14. The van der Waals surface area contributed by atoms with Gasteiger partial charge in [-0.05, 0) is 31.9 Å². The molecule has 0 fully saturated rings. The minimum Gasteiger partial charge on any atom is -0.179 e. The highest BCUT2D eigenvalue weighted by Gasteiger charge is 1.94. The van der Waals surface area contributed by atoms with Gasteiger partial charge in [-0.15, -0.1) is 6.58 Å². The van der Waals surface area contributed by atoms with Crippen LogP contribution >= 0.6 is 12.6 Å². The first-order valence-electron chi connectivity index (χ1n) is 9.02.